The number of fused-ring (bicyclic) bond motifs is 1. The number of rotatable bonds is 1. The van der Waals surface area contributed by atoms with Gasteiger partial charge in [-0.2, -0.15) is 0 Å². The van der Waals surface area contributed by atoms with Crippen molar-refractivity contribution in [3.63, 3.8) is 0 Å². The molecule has 0 radical (unpaired) electrons. The highest BCUT2D eigenvalue weighted by molar-refractivity contribution is 6.01. The van der Waals surface area contributed by atoms with Gasteiger partial charge in [0.05, 0.1) is 12.1 Å². The summed E-state index contributed by atoms with van der Waals surface area (Å²) in [5.74, 6) is -0.649. The molecule has 4 heteroatoms. The first-order valence-corrected chi connectivity index (χ1v) is 3.92. The number of halogens is 1. The third kappa shape index (κ3) is 1.10. The Hall–Kier alpha value is -1.42. The largest absolute Gasteiger partial charge is 0.376 e. The quantitative estimate of drug-likeness (QED) is 0.691. The van der Waals surface area contributed by atoms with Gasteiger partial charge in [0.1, 0.15) is 12.5 Å². The highest BCUT2D eigenvalue weighted by Crippen LogP contribution is 2.29. The second kappa shape index (κ2) is 2.81. The Morgan fingerprint density at radius 3 is 3.00 bits per heavy atom. The average Bonchev–Trinajstić information content (AvgIpc) is 2.43. The van der Waals surface area contributed by atoms with Crippen molar-refractivity contribution >= 4 is 11.6 Å². The van der Waals surface area contributed by atoms with Crippen LogP contribution in [0.5, 0.6) is 0 Å². The van der Waals surface area contributed by atoms with Crippen LogP contribution in [-0.2, 0) is 11.2 Å². The number of aliphatic hydroxyl groups excluding tert-OH is 1. The zero-order valence-electron chi connectivity index (χ0n) is 6.83. The van der Waals surface area contributed by atoms with E-state index in [-0.39, 0.29) is 18.1 Å². The topological polar surface area (TPSA) is 40.5 Å². The number of amides is 1. The number of benzene rings is 1. The third-order valence-corrected chi connectivity index (χ3v) is 2.16. The molecule has 0 aromatic heterocycles. The van der Waals surface area contributed by atoms with E-state index in [0.29, 0.717) is 11.3 Å². The van der Waals surface area contributed by atoms with E-state index in [2.05, 4.69) is 0 Å². The molecule has 13 heavy (non-hydrogen) atoms. The van der Waals surface area contributed by atoms with Gasteiger partial charge in [-0.3, -0.25) is 9.69 Å². The van der Waals surface area contributed by atoms with Gasteiger partial charge in [0.25, 0.3) is 0 Å². The number of aliphatic hydroxyl groups is 1. The molecule has 0 saturated carbocycles. The van der Waals surface area contributed by atoms with Gasteiger partial charge in [-0.05, 0) is 12.1 Å². The van der Waals surface area contributed by atoms with Gasteiger partial charge in [-0.25, -0.2) is 4.39 Å². The van der Waals surface area contributed by atoms with Crippen LogP contribution in [0.25, 0.3) is 0 Å². The van der Waals surface area contributed by atoms with Gasteiger partial charge < -0.3 is 5.11 Å². The smallest absolute Gasteiger partial charge is 0.233 e. The second-order valence-electron chi connectivity index (χ2n) is 2.88. The van der Waals surface area contributed by atoms with E-state index in [0.717, 1.165) is 0 Å². The van der Waals surface area contributed by atoms with Crippen molar-refractivity contribution in [2.75, 3.05) is 11.6 Å². The van der Waals surface area contributed by atoms with Gasteiger partial charge in [-0.1, -0.05) is 6.07 Å². The van der Waals surface area contributed by atoms with Crippen LogP contribution >= 0.6 is 0 Å². The molecule has 2 rings (SSSR count). The molecular weight excluding hydrogens is 173 g/mol. The lowest BCUT2D eigenvalue weighted by molar-refractivity contribution is -0.118. The Morgan fingerprint density at radius 2 is 2.31 bits per heavy atom. The molecule has 0 atom stereocenters. The Kier molecular flexibility index (Phi) is 1.77. The van der Waals surface area contributed by atoms with Gasteiger partial charge in [0, 0.05) is 5.56 Å². The van der Waals surface area contributed by atoms with Crippen molar-refractivity contribution in [1.82, 2.24) is 0 Å². The van der Waals surface area contributed by atoms with Crippen molar-refractivity contribution in [2.24, 2.45) is 0 Å². The summed E-state index contributed by atoms with van der Waals surface area (Å²) in [5.41, 5.74) is 0.856. The molecule has 0 aliphatic carbocycles. The Morgan fingerprint density at radius 1 is 1.54 bits per heavy atom. The normalized spacial score (nSPS) is 14.9. The lowest BCUT2D eigenvalue weighted by Crippen LogP contribution is -2.27. The number of hydrogen-bond donors (Lipinski definition) is 1. The molecule has 1 aliphatic heterocycles. The summed E-state index contributed by atoms with van der Waals surface area (Å²) < 4.78 is 13.1. The molecule has 0 bridgehead atoms. The van der Waals surface area contributed by atoms with E-state index in [1.54, 1.807) is 6.07 Å². The first-order valence-electron chi connectivity index (χ1n) is 3.92. The fourth-order valence-corrected chi connectivity index (χ4v) is 1.51. The van der Waals surface area contributed by atoms with Crippen LogP contribution in [0.15, 0.2) is 18.2 Å². The number of carbonyl (C=O) groups is 1. The van der Waals surface area contributed by atoms with Gasteiger partial charge in [0.15, 0.2) is 0 Å². The molecule has 0 spiro atoms. The van der Waals surface area contributed by atoms with Gasteiger partial charge in [-0.15, -0.1) is 0 Å². The van der Waals surface area contributed by atoms with E-state index < -0.39 is 6.73 Å². The molecule has 1 aromatic carbocycles. The van der Waals surface area contributed by atoms with Crippen molar-refractivity contribution < 1.29 is 14.3 Å². The van der Waals surface area contributed by atoms with Crippen LogP contribution in [-0.4, -0.2) is 17.7 Å². The van der Waals surface area contributed by atoms with E-state index in [4.69, 9.17) is 5.11 Å². The van der Waals surface area contributed by atoms with Crippen molar-refractivity contribution in [2.45, 2.75) is 6.42 Å². The van der Waals surface area contributed by atoms with Crippen LogP contribution in [0.2, 0.25) is 0 Å². The third-order valence-electron chi connectivity index (χ3n) is 2.16. The van der Waals surface area contributed by atoms with Gasteiger partial charge in [0.2, 0.25) is 5.91 Å². The minimum absolute atomic E-state index is 0.0442. The molecule has 1 aromatic rings. The van der Waals surface area contributed by atoms with Gasteiger partial charge >= 0.3 is 0 Å². The highest BCUT2D eigenvalue weighted by Gasteiger charge is 2.28. The number of anilines is 1. The first-order chi connectivity index (χ1) is 6.24. The van der Waals surface area contributed by atoms with Crippen LogP contribution in [0.1, 0.15) is 5.56 Å². The van der Waals surface area contributed by atoms with E-state index in [1.807, 2.05) is 0 Å². The zero-order valence-corrected chi connectivity index (χ0v) is 6.83. The standard InChI is InChI=1S/C9H8FNO2/c10-7-2-1-3-8-6(7)4-9(13)11(8)5-12/h1-3,12H,4-5H2. The summed E-state index contributed by atoms with van der Waals surface area (Å²) in [5, 5.41) is 8.86. The number of nitrogens with zero attached hydrogens (tertiary/aromatic N) is 1. The molecular formula is C9H8FNO2. The van der Waals surface area contributed by atoms with Crippen molar-refractivity contribution in [1.29, 1.82) is 0 Å². The average molecular weight is 181 g/mol. The Bertz CT molecular complexity index is 365. The Labute approximate surface area is 74.4 Å². The Balaban J connectivity index is 2.54. The van der Waals surface area contributed by atoms with Crippen LogP contribution in [0.3, 0.4) is 0 Å². The summed E-state index contributed by atoms with van der Waals surface area (Å²) in [6.07, 6.45) is 0.0442. The summed E-state index contributed by atoms with van der Waals surface area (Å²) in [7, 11) is 0. The summed E-state index contributed by atoms with van der Waals surface area (Å²) in [4.78, 5) is 12.4. The predicted molar refractivity (Wildman–Crippen MR) is 44.7 cm³/mol. The summed E-state index contributed by atoms with van der Waals surface area (Å²) >= 11 is 0. The lowest BCUT2D eigenvalue weighted by atomic mass is 10.1. The van der Waals surface area contributed by atoms with Crippen LogP contribution < -0.4 is 4.90 Å². The van der Waals surface area contributed by atoms with Crippen LogP contribution in [0, 0.1) is 5.82 Å². The van der Waals surface area contributed by atoms with Crippen molar-refractivity contribution in [3.8, 4) is 0 Å². The minimum atomic E-state index is -0.394. The molecule has 1 amide bonds. The van der Waals surface area contributed by atoms with E-state index in [9.17, 15) is 9.18 Å². The van der Waals surface area contributed by atoms with Crippen molar-refractivity contribution in [3.05, 3.63) is 29.6 Å². The molecule has 0 unspecified atom stereocenters. The zero-order chi connectivity index (χ0) is 9.42. The molecule has 1 aliphatic rings. The number of carbonyl (C=O) groups excluding carboxylic acids is 1. The predicted octanol–water partition coefficient (Wildman–Crippen LogP) is 0.665. The molecule has 0 fully saturated rings. The maximum atomic E-state index is 13.1. The van der Waals surface area contributed by atoms with E-state index >= 15 is 0 Å². The SMILES string of the molecule is O=C1Cc2c(F)cccc2N1CO. The maximum Gasteiger partial charge on any atom is 0.233 e. The molecule has 1 N–H and O–H groups in total. The monoisotopic (exact) mass is 181 g/mol. The summed E-state index contributed by atoms with van der Waals surface area (Å²) in [6.45, 7) is -0.394. The molecule has 3 nitrogen and oxygen atoms in total. The van der Waals surface area contributed by atoms with E-state index in [1.165, 1.54) is 17.0 Å². The molecule has 0 saturated heterocycles. The van der Waals surface area contributed by atoms with Crippen LogP contribution in [0.4, 0.5) is 10.1 Å². The maximum absolute atomic E-state index is 13.1. The summed E-state index contributed by atoms with van der Waals surface area (Å²) in [6, 6.07) is 4.46. The minimum Gasteiger partial charge on any atom is -0.376 e. The molecule has 1 heterocycles. The second-order valence-corrected chi connectivity index (χ2v) is 2.88. The highest BCUT2D eigenvalue weighted by atomic mass is 19.1. The molecule has 68 valence electrons. The first kappa shape index (κ1) is 8.19. The fraction of sp³-hybridized carbons (Fsp3) is 0.222. The number of hydrogen-bond acceptors (Lipinski definition) is 2. The lowest BCUT2D eigenvalue weighted by Gasteiger charge is -2.12. The fourth-order valence-electron chi connectivity index (χ4n) is 1.51.